The van der Waals surface area contributed by atoms with E-state index in [2.05, 4.69) is 10.6 Å². The number of nitrogens with zero attached hydrogens (tertiary/aromatic N) is 2. The molecule has 0 heterocycles. The molecule has 0 fully saturated rings. The SMILES string of the molecule is CN(C)C(=O)CCc1ccc(NC(=O)CCCCCCCCC(=O)Nc2ccc(CCC(=O)N(C)C)cc2)cc1. The maximum Gasteiger partial charge on any atom is 0.224 e. The van der Waals surface area contributed by atoms with Crippen LogP contribution in [0.4, 0.5) is 11.4 Å². The molecule has 0 spiro atoms. The van der Waals surface area contributed by atoms with E-state index in [0.717, 1.165) is 61.0 Å². The van der Waals surface area contributed by atoms with Crippen molar-refractivity contribution in [1.82, 2.24) is 9.80 Å². The number of hydrogen-bond acceptors (Lipinski definition) is 4. The molecule has 0 atom stereocenters. The average Bonchev–Trinajstić information content (AvgIpc) is 2.93. The number of amides is 4. The van der Waals surface area contributed by atoms with Gasteiger partial charge in [-0.15, -0.1) is 0 Å². The molecule has 2 aromatic carbocycles. The van der Waals surface area contributed by atoms with Crippen molar-refractivity contribution < 1.29 is 19.2 Å². The van der Waals surface area contributed by atoms with Crippen LogP contribution < -0.4 is 10.6 Å². The molecule has 0 aliphatic heterocycles. The Morgan fingerprint density at radius 2 is 0.825 bits per heavy atom. The number of unbranched alkanes of at least 4 members (excludes halogenated alkanes) is 5. The van der Waals surface area contributed by atoms with Crippen molar-refractivity contribution in [2.24, 2.45) is 0 Å². The highest BCUT2D eigenvalue weighted by Gasteiger charge is 2.07. The van der Waals surface area contributed by atoms with Gasteiger partial charge in [-0.25, -0.2) is 0 Å². The van der Waals surface area contributed by atoms with Gasteiger partial charge in [-0.1, -0.05) is 49.9 Å². The summed E-state index contributed by atoms with van der Waals surface area (Å²) in [5.41, 5.74) is 3.70. The minimum atomic E-state index is 0.0160. The molecule has 0 unspecified atom stereocenters. The molecular weight excluding hydrogens is 504 g/mol. The highest BCUT2D eigenvalue weighted by atomic mass is 16.2. The summed E-state index contributed by atoms with van der Waals surface area (Å²) in [6.07, 6.45) is 9.08. The standard InChI is InChI=1S/C32H46N4O4/c1-35(2)31(39)23-17-25-13-19-27(20-14-25)33-29(37)11-9-7-5-6-8-10-12-30(38)34-28-21-15-26(16-22-28)18-24-32(40)36(3)4/h13-16,19-22H,5-12,17-18,23-24H2,1-4H3,(H,33,37)(H,34,38). The molecule has 0 saturated carbocycles. The summed E-state index contributed by atoms with van der Waals surface area (Å²) in [5.74, 6) is 0.241. The normalized spacial score (nSPS) is 10.6. The summed E-state index contributed by atoms with van der Waals surface area (Å²) in [5, 5.41) is 5.88. The molecule has 0 saturated heterocycles. The first kappa shape index (κ1) is 32.5. The zero-order valence-corrected chi connectivity index (χ0v) is 24.6. The molecule has 2 N–H and O–H groups in total. The summed E-state index contributed by atoms with van der Waals surface area (Å²) in [6, 6.07) is 15.3. The van der Waals surface area contributed by atoms with Gasteiger partial charge in [0.1, 0.15) is 0 Å². The van der Waals surface area contributed by atoms with E-state index in [1.807, 2.05) is 48.5 Å². The van der Waals surface area contributed by atoms with Gasteiger partial charge in [-0.2, -0.15) is 0 Å². The number of benzene rings is 2. The van der Waals surface area contributed by atoms with Gasteiger partial charge in [0, 0.05) is 65.2 Å². The maximum absolute atomic E-state index is 12.2. The highest BCUT2D eigenvalue weighted by molar-refractivity contribution is 5.91. The first-order valence-electron chi connectivity index (χ1n) is 14.3. The van der Waals surface area contributed by atoms with Gasteiger partial charge in [0.05, 0.1) is 0 Å². The van der Waals surface area contributed by atoms with Crippen LogP contribution in [0, 0.1) is 0 Å². The number of nitrogens with one attached hydrogen (secondary N) is 2. The fraction of sp³-hybridized carbons (Fsp3) is 0.500. The zero-order valence-electron chi connectivity index (χ0n) is 24.6. The molecule has 0 aromatic heterocycles. The first-order chi connectivity index (χ1) is 19.1. The molecule has 40 heavy (non-hydrogen) atoms. The van der Waals surface area contributed by atoms with Gasteiger partial charge >= 0.3 is 0 Å². The minimum absolute atomic E-state index is 0.0160. The number of carbonyl (C=O) groups is 4. The Morgan fingerprint density at radius 1 is 0.500 bits per heavy atom. The predicted molar refractivity (Wildman–Crippen MR) is 161 cm³/mol. The van der Waals surface area contributed by atoms with Gasteiger partial charge in [0.25, 0.3) is 0 Å². The van der Waals surface area contributed by atoms with Crippen LogP contribution in [0.2, 0.25) is 0 Å². The largest absolute Gasteiger partial charge is 0.349 e. The average molecular weight is 551 g/mol. The lowest BCUT2D eigenvalue weighted by atomic mass is 10.1. The molecule has 0 aliphatic rings. The van der Waals surface area contributed by atoms with E-state index in [4.69, 9.17) is 0 Å². The van der Waals surface area contributed by atoms with Crippen LogP contribution in [0.15, 0.2) is 48.5 Å². The van der Waals surface area contributed by atoms with E-state index in [1.165, 1.54) is 0 Å². The Bertz CT molecular complexity index is 992. The van der Waals surface area contributed by atoms with Crippen LogP contribution in [0.1, 0.15) is 75.3 Å². The predicted octanol–water partition coefficient (Wildman–Crippen LogP) is 5.43. The van der Waals surface area contributed by atoms with Gasteiger partial charge < -0.3 is 20.4 Å². The Hall–Kier alpha value is -3.68. The van der Waals surface area contributed by atoms with Crippen LogP contribution in [0.3, 0.4) is 0 Å². The third-order valence-corrected chi connectivity index (χ3v) is 6.79. The number of carbonyl (C=O) groups excluding carboxylic acids is 4. The first-order valence-corrected chi connectivity index (χ1v) is 14.3. The van der Waals surface area contributed by atoms with Crippen molar-refractivity contribution in [3.63, 3.8) is 0 Å². The van der Waals surface area contributed by atoms with E-state index >= 15 is 0 Å². The van der Waals surface area contributed by atoms with Crippen molar-refractivity contribution in [3.8, 4) is 0 Å². The molecule has 218 valence electrons. The van der Waals surface area contributed by atoms with Gasteiger partial charge in [0.15, 0.2) is 0 Å². The van der Waals surface area contributed by atoms with Gasteiger partial charge in [0.2, 0.25) is 23.6 Å². The summed E-state index contributed by atoms with van der Waals surface area (Å²) in [6.45, 7) is 0. The zero-order chi connectivity index (χ0) is 29.3. The van der Waals surface area contributed by atoms with Crippen molar-refractivity contribution in [3.05, 3.63) is 59.7 Å². The molecule has 0 bridgehead atoms. The second kappa shape index (κ2) is 17.8. The topological polar surface area (TPSA) is 98.8 Å². The van der Waals surface area contributed by atoms with Crippen molar-refractivity contribution in [1.29, 1.82) is 0 Å². The van der Waals surface area contributed by atoms with Crippen LogP contribution >= 0.6 is 0 Å². The van der Waals surface area contributed by atoms with E-state index in [1.54, 1.807) is 38.0 Å². The summed E-state index contributed by atoms with van der Waals surface area (Å²) < 4.78 is 0. The van der Waals surface area contributed by atoms with Crippen LogP contribution in [0.25, 0.3) is 0 Å². The van der Waals surface area contributed by atoms with Crippen molar-refractivity contribution in [2.75, 3.05) is 38.8 Å². The second-order valence-corrected chi connectivity index (χ2v) is 10.7. The highest BCUT2D eigenvalue weighted by Crippen LogP contribution is 2.15. The van der Waals surface area contributed by atoms with E-state index < -0.39 is 0 Å². The Balaban J connectivity index is 1.50. The van der Waals surface area contributed by atoms with Crippen LogP contribution in [-0.4, -0.2) is 61.6 Å². The number of rotatable bonds is 17. The third-order valence-electron chi connectivity index (χ3n) is 6.79. The Morgan fingerprint density at radius 3 is 1.15 bits per heavy atom. The lowest BCUT2D eigenvalue weighted by molar-refractivity contribution is -0.129. The number of hydrogen-bond donors (Lipinski definition) is 2. The monoisotopic (exact) mass is 550 g/mol. The summed E-state index contributed by atoms with van der Waals surface area (Å²) in [7, 11) is 7.02. The lowest BCUT2D eigenvalue weighted by Crippen LogP contribution is -2.21. The van der Waals surface area contributed by atoms with E-state index in [-0.39, 0.29) is 23.6 Å². The Kier molecular flexibility index (Phi) is 14.5. The van der Waals surface area contributed by atoms with Gasteiger partial charge in [-0.05, 0) is 61.1 Å². The molecular formula is C32H46N4O4. The second-order valence-electron chi connectivity index (χ2n) is 10.7. The number of aryl methyl sites for hydroxylation is 2. The quantitative estimate of drug-likeness (QED) is 0.257. The molecule has 8 heteroatoms. The molecule has 4 amide bonds. The van der Waals surface area contributed by atoms with E-state index in [0.29, 0.717) is 38.5 Å². The van der Waals surface area contributed by atoms with Crippen molar-refractivity contribution in [2.45, 2.75) is 77.0 Å². The maximum atomic E-state index is 12.2. The molecule has 8 nitrogen and oxygen atoms in total. The summed E-state index contributed by atoms with van der Waals surface area (Å²) >= 11 is 0. The molecule has 2 rings (SSSR count). The minimum Gasteiger partial charge on any atom is -0.349 e. The van der Waals surface area contributed by atoms with Crippen LogP contribution in [-0.2, 0) is 32.0 Å². The smallest absolute Gasteiger partial charge is 0.224 e. The number of anilines is 2. The van der Waals surface area contributed by atoms with Crippen molar-refractivity contribution >= 4 is 35.0 Å². The Labute approximate surface area is 239 Å². The molecule has 0 radical (unpaired) electrons. The lowest BCUT2D eigenvalue weighted by Gasteiger charge is -2.10. The molecule has 0 aliphatic carbocycles. The summed E-state index contributed by atoms with van der Waals surface area (Å²) in [4.78, 5) is 51.1. The van der Waals surface area contributed by atoms with Gasteiger partial charge in [-0.3, -0.25) is 19.2 Å². The third kappa shape index (κ3) is 13.4. The van der Waals surface area contributed by atoms with E-state index in [9.17, 15) is 19.2 Å². The fourth-order valence-electron chi connectivity index (χ4n) is 4.18. The fourth-order valence-corrected chi connectivity index (χ4v) is 4.18. The van der Waals surface area contributed by atoms with Crippen LogP contribution in [0.5, 0.6) is 0 Å². The molecule has 2 aromatic rings.